The number of halogens is 1. The number of sulfonamides is 1. The lowest BCUT2D eigenvalue weighted by molar-refractivity contribution is 0.182. The molecule has 8 nitrogen and oxygen atoms in total. The molecule has 0 saturated carbocycles. The quantitative estimate of drug-likeness (QED) is 0.551. The second-order valence-electron chi connectivity index (χ2n) is 10.3. The number of rotatable bonds is 5. The van der Waals surface area contributed by atoms with Crippen LogP contribution in [-0.2, 0) is 30.2 Å². The van der Waals surface area contributed by atoms with Crippen molar-refractivity contribution in [3.05, 3.63) is 52.2 Å². The Morgan fingerprint density at radius 3 is 2.32 bits per heavy atom. The SMILES string of the molecule is Cn1c(=O)n(CC(C)(C)C)c2ccc(-c3ccc(CN4CCN(S(C)(=O)=O)CC4)cc3F)nc21. The van der Waals surface area contributed by atoms with E-state index in [0.717, 1.165) is 11.1 Å². The van der Waals surface area contributed by atoms with Gasteiger partial charge in [-0.25, -0.2) is 22.6 Å². The van der Waals surface area contributed by atoms with Gasteiger partial charge in [0.1, 0.15) is 5.82 Å². The molecule has 1 aromatic carbocycles. The third-order valence-electron chi connectivity index (χ3n) is 6.13. The fourth-order valence-corrected chi connectivity index (χ4v) is 5.22. The Labute approximate surface area is 199 Å². The normalized spacial score (nSPS) is 16.4. The van der Waals surface area contributed by atoms with E-state index in [4.69, 9.17) is 0 Å². The third kappa shape index (κ3) is 5.08. The van der Waals surface area contributed by atoms with E-state index < -0.39 is 10.0 Å². The first-order valence-electron chi connectivity index (χ1n) is 11.4. The van der Waals surface area contributed by atoms with Crippen LogP contribution in [0, 0.1) is 11.2 Å². The predicted molar refractivity (Wildman–Crippen MR) is 132 cm³/mol. The molecule has 0 unspecified atom stereocenters. The number of imidazole rings is 1. The molecule has 3 heterocycles. The highest BCUT2D eigenvalue weighted by Gasteiger charge is 2.24. The first-order valence-corrected chi connectivity index (χ1v) is 13.2. The minimum atomic E-state index is -3.18. The molecule has 0 radical (unpaired) electrons. The van der Waals surface area contributed by atoms with Crippen molar-refractivity contribution in [1.82, 2.24) is 23.3 Å². The van der Waals surface area contributed by atoms with E-state index in [-0.39, 0.29) is 16.9 Å². The van der Waals surface area contributed by atoms with Gasteiger partial charge in [-0.1, -0.05) is 26.8 Å². The van der Waals surface area contributed by atoms with Crippen LogP contribution in [0.15, 0.2) is 35.1 Å². The highest BCUT2D eigenvalue weighted by molar-refractivity contribution is 7.88. The highest BCUT2D eigenvalue weighted by Crippen LogP contribution is 2.26. The highest BCUT2D eigenvalue weighted by atomic mass is 32.2. The Bertz CT molecular complexity index is 1380. The summed E-state index contributed by atoms with van der Waals surface area (Å²) in [6.45, 7) is 9.42. The summed E-state index contributed by atoms with van der Waals surface area (Å²) in [5, 5.41) is 0. The molecule has 10 heteroatoms. The number of aryl methyl sites for hydroxylation is 1. The lowest BCUT2D eigenvalue weighted by atomic mass is 9.97. The molecule has 4 rings (SSSR count). The maximum absolute atomic E-state index is 15.1. The smallest absolute Gasteiger partial charge is 0.296 e. The fraction of sp³-hybridized carbons (Fsp3) is 0.500. The van der Waals surface area contributed by atoms with E-state index in [1.165, 1.54) is 21.2 Å². The predicted octanol–water partition coefficient (Wildman–Crippen LogP) is 2.66. The van der Waals surface area contributed by atoms with Crippen molar-refractivity contribution >= 4 is 21.2 Å². The molecule has 1 saturated heterocycles. The molecular formula is C24H32FN5O3S. The van der Waals surface area contributed by atoms with Crippen LogP contribution in [0.4, 0.5) is 4.39 Å². The fourth-order valence-electron chi connectivity index (χ4n) is 4.39. The Hall–Kier alpha value is -2.56. The maximum Gasteiger partial charge on any atom is 0.330 e. The Morgan fingerprint density at radius 2 is 1.74 bits per heavy atom. The van der Waals surface area contributed by atoms with Gasteiger partial charge in [0.05, 0.1) is 17.5 Å². The topological polar surface area (TPSA) is 80.4 Å². The number of fused-ring (bicyclic) bond motifs is 1. The second kappa shape index (κ2) is 8.90. The summed E-state index contributed by atoms with van der Waals surface area (Å²) >= 11 is 0. The van der Waals surface area contributed by atoms with Crippen molar-refractivity contribution in [2.45, 2.75) is 33.9 Å². The molecule has 0 amide bonds. The van der Waals surface area contributed by atoms with Crippen molar-refractivity contribution in [2.24, 2.45) is 12.5 Å². The first kappa shape index (κ1) is 24.6. The van der Waals surface area contributed by atoms with Gasteiger partial charge in [0.2, 0.25) is 10.0 Å². The number of piperazine rings is 1. The number of hydrogen-bond donors (Lipinski definition) is 0. The van der Waals surface area contributed by atoms with E-state index in [1.54, 1.807) is 23.7 Å². The minimum Gasteiger partial charge on any atom is -0.296 e. The van der Waals surface area contributed by atoms with Gasteiger partial charge >= 0.3 is 5.69 Å². The second-order valence-corrected chi connectivity index (χ2v) is 12.3. The number of hydrogen-bond acceptors (Lipinski definition) is 5. The molecule has 0 spiro atoms. The molecule has 0 aliphatic carbocycles. The van der Waals surface area contributed by atoms with Crippen molar-refractivity contribution < 1.29 is 12.8 Å². The standard InChI is InChI=1S/C24H32FN5O3S/c1-24(2,3)16-30-21-9-8-20(26-22(21)27(4)23(30)31)18-7-6-17(14-19(18)25)15-28-10-12-29(13-11-28)34(5,32)33/h6-9,14H,10-13,15-16H2,1-5H3. The van der Waals surface area contributed by atoms with Gasteiger partial charge in [-0.3, -0.25) is 14.0 Å². The summed E-state index contributed by atoms with van der Waals surface area (Å²) in [7, 11) is -1.49. The summed E-state index contributed by atoms with van der Waals surface area (Å²) in [6, 6.07) is 8.68. The zero-order chi connectivity index (χ0) is 24.8. The van der Waals surface area contributed by atoms with Crippen LogP contribution in [0.2, 0.25) is 0 Å². The maximum atomic E-state index is 15.1. The molecule has 0 atom stereocenters. The van der Waals surface area contributed by atoms with Gasteiger partial charge in [-0.2, -0.15) is 4.31 Å². The van der Waals surface area contributed by atoms with Gasteiger partial charge in [0, 0.05) is 51.9 Å². The van der Waals surface area contributed by atoms with Gasteiger partial charge in [0.15, 0.2) is 5.65 Å². The molecule has 3 aromatic rings. The average Bonchev–Trinajstić information content (AvgIpc) is 2.97. The molecular weight excluding hydrogens is 457 g/mol. The molecule has 1 aliphatic rings. The number of benzene rings is 1. The molecule has 34 heavy (non-hydrogen) atoms. The van der Waals surface area contributed by atoms with Crippen molar-refractivity contribution in [2.75, 3.05) is 32.4 Å². The van der Waals surface area contributed by atoms with E-state index >= 15 is 4.39 Å². The Balaban J connectivity index is 1.56. The zero-order valence-electron chi connectivity index (χ0n) is 20.4. The molecule has 184 valence electrons. The van der Waals surface area contributed by atoms with Gasteiger partial charge < -0.3 is 0 Å². The lowest BCUT2D eigenvalue weighted by Crippen LogP contribution is -2.47. The van der Waals surface area contributed by atoms with Gasteiger partial charge in [-0.05, 0) is 35.2 Å². The average molecular weight is 490 g/mol. The van der Waals surface area contributed by atoms with Crippen LogP contribution in [0.1, 0.15) is 26.3 Å². The van der Waals surface area contributed by atoms with E-state index in [9.17, 15) is 13.2 Å². The largest absolute Gasteiger partial charge is 0.330 e. The van der Waals surface area contributed by atoms with Crippen LogP contribution in [-0.4, -0.2) is 64.2 Å². The molecule has 2 aromatic heterocycles. The summed E-state index contributed by atoms with van der Waals surface area (Å²) in [4.78, 5) is 19.5. The lowest BCUT2D eigenvalue weighted by Gasteiger charge is -2.33. The monoisotopic (exact) mass is 489 g/mol. The minimum absolute atomic E-state index is 0.0733. The summed E-state index contributed by atoms with van der Waals surface area (Å²) in [5.41, 5.74) is 2.72. The Kier molecular flexibility index (Phi) is 6.43. The summed E-state index contributed by atoms with van der Waals surface area (Å²) in [5.74, 6) is -0.377. The molecule has 0 bridgehead atoms. The van der Waals surface area contributed by atoms with E-state index in [0.29, 0.717) is 56.2 Å². The van der Waals surface area contributed by atoms with E-state index in [1.807, 2.05) is 12.1 Å². The first-order chi connectivity index (χ1) is 15.8. The van der Waals surface area contributed by atoms with Crippen LogP contribution >= 0.6 is 0 Å². The molecule has 1 aliphatic heterocycles. The molecule has 1 fully saturated rings. The van der Waals surface area contributed by atoms with Crippen LogP contribution in [0.25, 0.3) is 22.4 Å². The number of pyridine rings is 1. The summed E-state index contributed by atoms with van der Waals surface area (Å²) in [6.07, 6.45) is 1.22. The van der Waals surface area contributed by atoms with Gasteiger partial charge in [0.25, 0.3) is 0 Å². The molecule has 0 N–H and O–H groups in total. The van der Waals surface area contributed by atoms with Crippen molar-refractivity contribution in [1.29, 1.82) is 0 Å². The number of aromatic nitrogens is 3. The van der Waals surface area contributed by atoms with Crippen molar-refractivity contribution in [3.63, 3.8) is 0 Å². The van der Waals surface area contributed by atoms with Crippen LogP contribution in [0.5, 0.6) is 0 Å². The zero-order valence-corrected chi connectivity index (χ0v) is 21.2. The third-order valence-corrected chi connectivity index (χ3v) is 7.43. The van der Waals surface area contributed by atoms with E-state index in [2.05, 4.69) is 30.7 Å². The van der Waals surface area contributed by atoms with Crippen molar-refractivity contribution in [3.8, 4) is 11.3 Å². The number of nitrogens with zero attached hydrogens (tertiary/aromatic N) is 5. The Morgan fingerprint density at radius 1 is 1.06 bits per heavy atom. The summed E-state index contributed by atoms with van der Waals surface area (Å²) < 4.78 is 43.2. The van der Waals surface area contributed by atoms with Crippen LogP contribution < -0.4 is 5.69 Å². The van der Waals surface area contributed by atoms with Gasteiger partial charge in [-0.15, -0.1) is 0 Å². The van der Waals surface area contributed by atoms with Crippen LogP contribution in [0.3, 0.4) is 0 Å².